The number of rotatable bonds is 7. The van der Waals surface area contributed by atoms with E-state index in [-0.39, 0.29) is 0 Å². The molecule has 2 rings (SSSR count). The zero-order chi connectivity index (χ0) is 21.0. The Balaban J connectivity index is 2.10. The van der Waals surface area contributed by atoms with Crippen molar-refractivity contribution in [3.05, 3.63) is 0 Å². The van der Waals surface area contributed by atoms with E-state index >= 15 is 0 Å². The quantitative estimate of drug-likeness (QED) is 0.305. The lowest BCUT2D eigenvalue weighted by Gasteiger charge is -2.32. The number of aliphatic hydroxyl groups excluding tert-OH is 2. The van der Waals surface area contributed by atoms with Gasteiger partial charge in [0, 0.05) is 13.1 Å². The van der Waals surface area contributed by atoms with Crippen LogP contribution in [0, 0.1) is 0 Å². The first kappa shape index (κ1) is 22.1. The van der Waals surface area contributed by atoms with E-state index in [1.807, 2.05) is 0 Å². The fourth-order valence-corrected chi connectivity index (χ4v) is 3.71. The number of carbonyl (C=O) groups excluding carboxylic acids is 3. The summed E-state index contributed by atoms with van der Waals surface area (Å²) in [5, 5.41) is 30.0. The molecule has 3 amide bonds. The number of carboxylic acids is 1. The zero-order valence-corrected chi connectivity index (χ0v) is 15.8. The summed E-state index contributed by atoms with van der Waals surface area (Å²) in [6.07, 6.45) is 0.663. The van der Waals surface area contributed by atoms with E-state index in [4.69, 9.17) is 15.9 Å². The standard InChI is InChI=1S/C17H28N4O7/c1-9(23)13(17(27)28)19-14(24)11-4-2-6-20(11)16(26)12-5-3-7-21(12)15(25)10(18)8-22/h9-13,22-23H,2-8,18H2,1H3,(H,19,24)(H,27,28). The second kappa shape index (κ2) is 9.30. The van der Waals surface area contributed by atoms with Gasteiger partial charge in [0.05, 0.1) is 12.7 Å². The van der Waals surface area contributed by atoms with Crippen LogP contribution in [0.2, 0.25) is 0 Å². The molecule has 5 atom stereocenters. The first-order chi connectivity index (χ1) is 13.2. The van der Waals surface area contributed by atoms with Crippen LogP contribution in [0.1, 0.15) is 32.6 Å². The van der Waals surface area contributed by atoms with Gasteiger partial charge < -0.3 is 36.2 Å². The molecule has 0 aromatic rings. The lowest BCUT2D eigenvalue weighted by atomic mass is 10.1. The molecule has 28 heavy (non-hydrogen) atoms. The van der Waals surface area contributed by atoms with Gasteiger partial charge in [0.15, 0.2) is 6.04 Å². The molecule has 11 heteroatoms. The molecule has 11 nitrogen and oxygen atoms in total. The predicted molar refractivity (Wildman–Crippen MR) is 95.8 cm³/mol. The van der Waals surface area contributed by atoms with Crippen molar-refractivity contribution >= 4 is 23.7 Å². The Morgan fingerprint density at radius 3 is 2.21 bits per heavy atom. The minimum Gasteiger partial charge on any atom is -0.480 e. The van der Waals surface area contributed by atoms with Gasteiger partial charge in [-0.2, -0.15) is 0 Å². The Bertz CT molecular complexity index is 627. The molecule has 0 saturated carbocycles. The van der Waals surface area contributed by atoms with Crippen molar-refractivity contribution in [1.29, 1.82) is 0 Å². The Kier molecular flexibility index (Phi) is 7.33. The largest absolute Gasteiger partial charge is 0.480 e. The second-order valence-electron chi connectivity index (χ2n) is 7.23. The van der Waals surface area contributed by atoms with E-state index in [0.717, 1.165) is 0 Å². The van der Waals surface area contributed by atoms with E-state index in [0.29, 0.717) is 38.8 Å². The molecule has 0 radical (unpaired) electrons. The maximum absolute atomic E-state index is 13.0. The molecule has 0 bridgehead atoms. The number of hydrogen-bond acceptors (Lipinski definition) is 7. The van der Waals surface area contributed by atoms with E-state index < -0.39 is 60.6 Å². The summed E-state index contributed by atoms with van der Waals surface area (Å²) in [6, 6.07) is -4.20. The summed E-state index contributed by atoms with van der Waals surface area (Å²) in [5.41, 5.74) is 5.59. The molecule has 0 aromatic carbocycles. The van der Waals surface area contributed by atoms with Crippen LogP contribution in [0.3, 0.4) is 0 Å². The third kappa shape index (κ3) is 4.59. The van der Waals surface area contributed by atoms with Crippen molar-refractivity contribution in [2.75, 3.05) is 19.7 Å². The molecule has 158 valence electrons. The molecule has 0 aromatic heterocycles. The van der Waals surface area contributed by atoms with Crippen LogP contribution in [0.5, 0.6) is 0 Å². The summed E-state index contributed by atoms with van der Waals surface area (Å²) in [7, 11) is 0. The summed E-state index contributed by atoms with van der Waals surface area (Å²) in [5.74, 6) is -2.93. The van der Waals surface area contributed by atoms with Gasteiger partial charge in [0.25, 0.3) is 0 Å². The summed E-state index contributed by atoms with van der Waals surface area (Å²) in [4.78, 5) is 51.8. The number of nitrogens with one attached hydrogen (secondary N) is 1. The monoisotopic (exact) mass is 400 g/mol. The number of aliphatic carboxylic acids is 1. The van der Waals surface area contributed by atoms with Crippen LogP contribution in [-0.2, 0) is 19.2 Å². The molecular weight excluding hydrogens is 372 g/mol. The van der Waals surface area contributed by atoms with Crippen molar-refractivity contribution in [1.82, 2.24) is 15.1 Å². The summed E-state index contributed by atoms with van der Waals surface area (Å²) >= 11 is 0. The number of carbonyl (C=O) groups is 4. The minimum atomic E-state index is -1.47. The first-order valence-corrected chi connectivity index (χ1v) is 9.37. The molecule has 2 heterocycles. The van der Waals surface area contributed by atoms with Crippen LogP contribution in [0.4, 0.5) is 0 Å². The number of amides is 3. The second-order valence-corrected chi connectivity index (χ2v) is 7.23. The highest BCUT2D eigenvalue weighted by Crippen LogP contribution is 2.25. The smallest absolute Gasteiger partial charge is 0.328 e. The fraction of sp³-hybridized carbons (Fsp3) is 0.765. The molecule has 2 aliphatic heterocycles. The van der Waals surface area contributed by atoms with E-state index in [9.17, 15) is 24.3 Å². The van der Waals surface area contributed by atoms with Crippen LogP contribution in [-0.4, -0.2) is 98.8 Å². The van der Waals surface area contributed by atoms with Crippen LogP contribution < -0.4 is 11.1 Å². The highest BCUT2D eigenvalue weighted by molar-refractivity contribution is 5.94. The average Bonchev–Trinajstić information content (AvgIpc) is 3.32. The van der Waals surface area contributed by atoms with Crippen molar-refractivity contribution < 1.29 is 34.5 Å². The molecule has 2 saturated heterocycles. The molecule has 2 aliphatic rings. The van der Waals surface area contributed by atoms with Gasteiger partial charge in [0.1, 0.15) is 18.1 Å². The maximum Gasteiger partial charge on any atom is 0.328 e. The third-order valence-corrected chi connectivity index (χ3v) is 5.22. The molecule has 0 aliphatic carbocycles. The van der Waals surface area contributed by atoms with Gasteiger partial charge in [-0.15, -0.1) is 0 Å². The van der Waals surface area contributed by atoms with Crippen molar-refractivity contribution in [3.8, 4) is 0 Å². The summed E-state index contributed by atoms with van der Waals surface area (Å²) < 4.78 is 0. The lowest BCUT2D eigenvalue weighted by molar-refractivity contribution is -0.149. The number of nitrogens with two attached hydrogens (primary N) is 1. The lowest BCUT2D eigenvalue weighted by Crippen LogP contribution is -2.57. The zero-order valence-electron chi connectivity index (χ0n) is 15.8. The van der Waals surface area contributed by atoms with Gasteiger partial charge in [0.2, 0.25) is 17.7 Å². The van der Waals surface area contributed by atoms with Gasteiger partial charge in [-0.05, 0) is 32.6 Å². The third-order valence-electron chi connectivity index (χ3n) is 5.22. The van der Waals surface area contributed by atoms with E-state index in [1.165, 1.54) is 16.7 Å². The minimum absolute atomic E-state index is 0.313. The van der Waals surface area contributed by atoms with Crippen LogP contribution in [0.25, 0.3) is 0 Å². The van der Waals surface area contributed by atoms with Gasteiger partial charge in [-0.25, -0.2) is 4.79 Å². The Morgan fingerprint density at radius 1 is 1.11 bits per heavy atom. The van der Waals surface area contributed by atoms with Gasteiger partial charge in [-0.1, -0.05) is 0 Å². The molecule has 6 N–H and O–H groups in total. The van der Waals surface area contributed by atoms with Crippen molar-refractivity contribution in [2.45, 2.75) is 62.9 Å². The van der Waals surface area contributed by atoms with E-state index in [2.05, 4.69) is 5.32 Å². The molecule has 2 fully saturated rings. The van der Waals surface area contributed by atoms with Crippen LogP contribution >= 0.6 is 0 Å². The average molecular weight is 400 g/mol. The Morgan fingerprint density at radius 2 is 1.68 bits per heavy atom. The number of hydrogen-bond donors (Lipinski definition) is 5. The highest BCUT2D eigenvalue weighted by Gasteiger charge is 2.43. The topological polar surface area (TPSA) is 173 Å². The van der Waals surface area contributed by atoms with Gasteiger partial charge in [-0.3, -0.25) is 14.4 Å². The predicted octanol–water partition coefficient (Wildman–Crippen LogP) is -2.76. The van der Waals surface area contributed by atoms with Crippen LogP contribution in [0.15, 0.2) is 0 Å². The Labute approximate surface area is 162 Å². The Hall–Kier alpha value is -2.24. The van der Waals surface area contributed by atoms with Crippen molar-refractivity contribution in [2.24, 2.45) is 5.73 Å². The normalized spacial score (nSPS) is 25.3. The number of aliphatic hydroxyl groups is 2. The molecule has 5 unspecified atom stereocenters. The number of nitrogens with zero attached hydrogens (tertiary/aromatic N) is 2. The number of carboxylic acid groups (broad SMARTS) is 1. The highest BCUT2D eigenvalue weighted by atomic mass is 16.4. The van der Waals surface area contributed by atoms with E-state index in [1.54, 1.807) is 0 Å². The molecular formula is C17H28N4O7. The first-order valence-electron chi connectivity index (χ1n) is 9.37. The van der Waals surface area contributed by atoms with Crippen molar-refractivity contribution in [3.63, 3.8) is 0 Å². The molecule has 0 spiro atoms. The number of likely N-dealkylation sites (tertiary alicyclic amines) is 2. The summed E-state index contributed by atoms with van der Waals surface area (Å²) in [6.45, 7) is 1.38. The SMILES string of the molecule is CC(O)C(NC(=O)C1CCCN1C(=O)C1CCCN1C(=O)C(N)CO)C(=O)O. The fourth-order valence-electron chi connectivity index (χ4n) is 3.71. The maximum atomic E-state index is 13.0. The van der Waals surface area contributed by atoms with Gasteiger partial charge >= 0.3 is 5.97 Å².